The maximum atomic E-state index is 12.9. The van der Waals surface area contributed by atoms with Crippen molar-refractivity contribution in [3.63, 3.8) is 0 Å². The first-order chi connectivity index (χ1) is 17.2. The number of piperazine rings is 1. The summed E-state index contributed by atoms with van der Waals surface area (Å²) >= 11 is 1.34. The molecule has 1 saturated heterocycles. The van der Waals surface area contributed by atoms with Gasteiger partial charge in [0, 0.05) is 50.9 Å². The Hall–Kier alpha value is -3.77. The van der Waals surface area contributed by atoms with Gasteiger partial charge in [0.05, 0.1) is 15.8 Å². The van der Waals surface area contributed by atoms with E-state index in [0.29, 0.717) is 42.3 Å². The number of aromatic nitrogens is 3. The highest BCUT2D eigenvalue weighted by Crippen LogP contribution is 2.32. The van der Waals surface area contributed by atoms with Crippen LogP contribution >= 0.6 is 11.3 Å². The van der Waals surface area contributed by atoms with Crippen molar-refractivity contribution in [2.75, 3.05) is 29.9 Å². The first-order valence-electron chi connectivity index (χ1n) is 11.1. The Bertz CT molecular complexity index is 1390. The van der Waals surface area contributed by atoms with E-state index in [9.17, 15) is 18.0 Å². The van der Waals surface area contributed by atoms with Crippen LogP contribution in [0.15, 0.2) is 54.7 Å². The molecule has 0 bridgehead atoms. The Balaban J connectivity index is 1.29. The molecule has 186 valence electrons. The van der Waals surface area contributed by atoms with Gasteiger partial charge in [0.25, 0.3) is 0 Å². The largest absolute Gasteiger partial charge is 0.439 e. The van der Waals surface area contributed by atoms with Crippen LogP contribution in [0.4, 0.5) is 24.3 Å². The zero-order chi connectivity index (χ0) is 25.3. The summed E-state index contributed by atoms with van der Waals surface area (Å²) in [5, 5.41) is 6.53. The van der Waals surface area contributed by atoms with E-state index in [1.807, 2.05) is 11.0 Å². The van der Waals surface area contributed by atoms with Gasteiger partial charge in [-0.15, -0.1) is 0 Å². The SMILES string of the molecule is CC(=O)Nc1nc2ccc(Oc3ccnc(N4CCNC(c5ccc(C(F)(F)F)cc5)C4)n3)cc2s1. The van der Waals surface area contributed by atoms with Crippen molar-refractivity contribution in [2.45, 2.75) is 19.1 Å². The van der Waals surface area contributed by atoms with Crippen molar-refractivity contribution in [1.82, 2.24) is 20.3 Å². The number of fused-ring (bicyclic) bond motifs is 1. The number of ether oxygens (including phenoxy) is 1. The van der Waals surface area contributed by atoms with E-state index in [1.165, 1.54) is 30.4 Å². The van der Waals surface area contributed by atoms with Crippen molar-refractivity contribution < 1.29 is 22.7 Å². The van der Waals surface area contributed by atoms with Gasteiger partial charge in [0.1, 0.15) is 5.75 Å². The molecule has 2 aromatic heterocycles. The van der Waals surface area contributed by atoms with E-state index in [1.54, 1.807) is 24.4 Å². The maximum absolute atomic E-state index is 12.9. The number of carbonyl (C=O) groups is 1. The van der Waals surface area contributed by atoms with Crippen molar-refractivity contribution in [3.8, 4) is 11.6 Å². The minimum absolute atomic E-state index is 0.166. The topological polar surface area (TPSA) is 92.3 Å². The van der Waals surface area contributed by atoms with Gasteiger partial charge >= 0.3 is 6.18 Å². The van der Waals surface area contributed by atoms with Crippen LogP contribution in [0.25, 0.3) is 10.2 Å². The summed E-state index contributed by atoms with van der Waals surface area (Å²) in [6.07, 6.45) is -2.76. The van der Waals surface area contributed by atoms with Crippen molar-refractivity contribution >= 4 is 38.5 Å². The first kappa shape index (κ1) is 23.9. The van der Waals surface area contributed by atoms with E-state index < -0.39 is 11.7 Å². The Morgan fingerprint density at radius 1 is 1.17 bits per heavy atom. The van der Waals surface area contributed by atoms with E-state index >= 15 is 0 Å². The Labute approximate surface area is 208 Å². The van der Waals surface area contributed by atoms with Crippen LogP contribution in [0.1, 0.15) is 24.1 Å². The molecular weight excluding hydrogens is 493 g/mol. The monoisotopic (exact) mass is 514 g/mol. The van der Waals surface area contributed by atoms with E-state index in [2.05, 4.69) is 25.6 Å². The first-order valence-corrected chi connectivity index (χ1v) is 11.9. The number of thiazole rings is 1. The molecule has 36 heavy (non-hydrogen) atoms. The number of benzene rings is 2. The second-order valence-corrected chi connectivity index (χ2v) is 9.23. The third-order valence-electron chi connectivity index (χ3n) is 5.58. The molecule has 1 fully saturated rings. The number of amides is 1. The molecule has 1 aliphatic heterocycles. The van der Waals surface area contributed by atoms with Crippen LogP contribution in [0, 0.1) is 0 Å². The van der Waals surface area contributed by atoms with Gasteiger partial charge in [-0.05, 0) is 29.8 Å². The predicted octanol–water partition coefficient (Wildman–Crippen LogP) is 5.01. The van der Waals surface area contributed by atoms with Gasteiger partial charge in [-0.2, -0.15) is 18.2 Å². The summed E-state index contributed by atoms with van der Waals surface area (Å²) in [4.78, 5) is 26.5. The second-order valence-electron chi connectivity index (χ2n) is 8.20. The molecule has 12 heteroatoms. The molecule has 0 spiro atoms. The molecule has 1 aliphatic rings. The summed E-state index contributed by atoms with van der Waals surface area (Å²) in [5.74, 6) is 1.20. The summed E-state index contributed by atoms with van der Waals surface area (Å²) in [5.41, 5.74) is 0.834. The lowest BCUT2D eigenvalue weighted by Gasteiger charge is -2.34. The van der Waals surface area contributed by atoms with Gasteiger partial charge in [-0.25, -0.2) is 9.97 Å². The fourth-order valence-corrected chi connectivity index (χ4v) is 4.83. The van der Waals surface area contributed by atoms with Gasteiger partial charge < -0.3 is 20.3 Å². The number of nitrogens with zero attached hydrogens (tertiary/aromatic N) is 4. The smallest absolute Gasteiger partial charge is 0.416 e. The lowest BCUT2D eigenvalue weighted by atomic mass is 10.0. The standard InChI is InChI=1S/C24H21F3N6O2S/c1-14(34)30-23-31-18-7-6-17(12-20(18)36-23)35-21-8-9-29-22(32-21)33-11-10-28-19(13-33)15-2-4-16(5-3-15)24(25,26)27/h2-9,12,19,28H,10-11,13H2,1H3,(H,30,31,34). The second kappa shape index (κ2) is 9.70. The molecule has 2 N–H and O–H groups in total. The van der Waals surface area contributed by atoms with Crippen molar-refractivity contribution in [1.29, 1.82) is 0 Å². The van der Waals surface area contributed by atoms with Gasteiger partial charge in [-0.1, -0.05) is 23.5 Å². The summed E-state index contributed by atoms with van der Waals surface area (Å²) in [7, 11) is 0. The lowest BCUT2D eigenvalue weighted by molar-refractivity contribution is -0.137. The van der Waals surface area contributed by atoms with Crippen LogP contribution < -0.4 is 20.3 Å². The Morgan fingerprint density at radius 3 is 2.72 bits per heavy atom. The van der Waals surface area contributed by atoms with Crippen LogP contribution in [0.5, 0.6) is 11.6 Å². The van der Waals surface area contributed by atoms with Crippen LogP contribution in [-0.2, 0) is 11.0 Å². The number of hydrogen-bond donors (Lipinski definition) is 2. The molecular formula is C24H21F3N6O2S. The number of anilines is 2. The molecule has 2 aromatic carbocycles. The number of rotatable bonds is 5. The molecule has 1 unspecified atom stereocenters. The predicted molar refractivity (Wildman–Crippen MR) is 130 cm³/mol. The molecule has 0 aliphatic carbocycles. The average molecular weight is 515 g/mol. The highest BCUT2D eigenvalue weighted by molar-refractivity contribution is 7.22. The van der Waals surface area contributed by atoms with E-state index in [0.717, 1.165) is 27.9 Å². The van der Waals surface area contributed by atoms with Crippen molar-refractivity contribution in [2.24, 2.45) is 0 Å². The van der Waals surface area contributed by atoms with Crippen molar-refractivity contribution in [3.05, 3.63) is 65.9 Å². The fraction of sp³-hybridized carbons (Fsp3) is 0.250. The number of carbonyl (C=O) groups excluding carboxylic acids is 1. The number of nitrogens with one attached hydrogen (secondary N) is 2. The summed E-state index contributed by atoms with van der Waals surface area (Å²) in [6, 6.07) is 12.1. The average Bonchev–Trinajstić information content (AvgIpc) is 3.25. The van der Waals surface area contributed by atoms with Crippen LogP contribution in [0.2, 0.25) is 0 Å². The molecule has 0 saturated carbocycles. The molecule has 1 amide bonds. The number of hydrogen-bond acceptors (Lipinski definition) is 8. The highest BCUT2D eigenvalue weighted by Gasteiger charge is 2.31. The summed E-state index contributed by atoms with van der Waals surface area (Å²) < 4.78 is 45.5. The molecule has 4 aromatic rings. The molecule has 8 nitrogen and oxygen atoms in total. The molecule has 3 heterocycles. The molecule has 1 atom stereocenters. The fourth-order valence-electron chi connectivity index (χ4n) is 3.89. The third kappa shape index (κ3) is 5.39. The maximum Gasteiger partial charge on any atom is 0.416 e. The minimum atomic E-state index is -4.36. The van der Waals surface area contributed by atoms with Crippen LogP contribution in [-0.4, -0.2) is 40.5 Å². The van der Waals surface area contributed by atoms with Gasteiger partial charge in [-0.3, -0.25) is 4.79 Å². The Kier molecular flexibility index (Phi) is 6.46. The van der Waals surface area contributed by atoms with Crippen LogP contribution in [0.3, 0.4) is 0 Å². The zero-order valence-electron chi connectivity index (χ0n) is 19.0. The number of halogens is 3. The Morgan fingerprint density at radius 2 is 1.97 bits per heavy atom. The van der Waals surface area contributed by atoms with E-state index in [-0.39, 0.29) is 11.9 Å². The lowest BCUT2D eigenvalue weighted by Crippen LogP contribution is -2.46. The third-order valence-corrected chi connectivity index (χ3v) is 6.51. The normalized spacial score (nSPS) is 16.2. The van der Waals surface area contributed by atoms with E-state index in [4.69, 9.17) is 4.74 Å². The zero-order valence-corrected chi connectivity index (χ0v) is 19.9. The van der Waals surface area contributed by atoms with Gasteiger partial charge in [0.2, 0.25) is 17.7 Å². The molecule has 0 radical (unpaired) electrons. The highest BCUT2D eigenvalue weighted by atomic mass is 32.1. The quantitative estimate of drug-likeness (QED) is 0.387. The molecule has 5 rings (SSSR count). The number of alkyl halides is 3. The summed E-state index contributed by atoms with van der Waals surface area (Å²) in [6.45, 7) is 3.18. The van der Waals surface area contributed by atoms with Gasteiger partial charge in [0.15, 0.2) is 5.13 Å². The minimum Gasteiger partial charge on any atom is -0.439 e.